The molecule has 0 spiro atoms. The third kappa shape index (κ3) is 2.98. The van der Waals surface area contributed by atoms with Gasteiger partial charge >= 0.3 is 0 Å². The van der Waals surface area contributed by atoms with Crippen LogP contribution in [0.15, 0.2) is 0 Å². The Kier molecular flexibility index (Phi) is 3.47. The Morgan fingerprint density at radius 1 is 1.33 bits per heavy atom. The first-order valence-corrected chi connectivity index (χ1v) is 5.93. The van der Waals surface area contributed by atoms with Gasteiger partial charge in [-0.1, -0.05) is 13.8 Å². The van der Waals surface area contributed by atoms with Crippen LogP contribution in [0.4, 0.5) is 0 Å². The lowest BCUT2D eigenvalue weighted by Gasteiger charge is -2.34. The zero-order chi connectivity index (χ0) is 9.19. The molecule has 2 atom stereocenters. The summed E-state index contributed by atoms with van der Waals surface area (Å²) in [6, 6.07) is 0. The molecule has 1 aliphatic rings. The van der Waals surface area contributed by atoms with Gasteiger partial charge in [-0.3, -0.25) is 0 Å². The second-order valence-electron chi connectivity index (χ2n) is 4.57. The van der Waals surface area contributed by atoms with E-state index in [2.05, 4.69) is 44.8 Å². The van der Waals surface area contributed by atoms with E-state index in [0.29, 0.717) is 5.54 Å². The first-order chi connectivity index (χ1) is 5.51. The summed E-state index contributed by atoms with van der Waals surface area (Å²) in [4.78, 5) is 0. The molecule has 72 valence electrons. The quantitative estimate of drug-likeness (QED) is 0.625. The minimum absolute atomic E-state index is 0.342. The zero-order valence-corrected chi connectivity index (χ0v) is 9.50. The summed E-state index contributed by atoms with van der Waals surface area (Å²) >= 11 is 2.10. The fourth-order valence-corrected chi connectivity index (χ4v) is 2.86. The molecular weight excluding hydrogens is 166 g/mol. The van der Waals surface area contributed by atoms with E-state index in [-0.39, 0.29) is 0 Å². The van der Waals surface area contributed by atoms with Crippen LogP contribution in [-0.2, 0) is 0 Å². The summed E-state index contributed by atoms with van der Waals surface area (Å²) in [5.41, 5.74) is 0.342. The van der Waals surface area contributed by atoms with E-state index < -0.39 is 0 Å². The molecular formula is C10H21NS. The Labute approximate surface area is 80.7 Å². The second-order valence-corrected chi connectivity index (χ2v) is 6.05. The Morgan fingerprint density at radius 2 is 2.00 bits per heavy atom. The van der Waals surface area contributed by atoms with Crippen LogP contribution in [0, 0.1) is 5.92 Å². The van der Waals surface area contributed by atoms with E-state index in [1.54, 1.807) is 0 Å². The van der Waals surface area contributed by atoms with E-state index in [1.807, 2.05) is 0 Å². The van der Waals surface area contributed by atoms with Crippen LogP contribution in [-0.4, -0.2) is 23.1 Å². The van der Waals surface area contributed by atoms with Gasteiger partial charge in [-0.15, -0.1) is 0 Å². The van der Waals surface area contributed by atoms with Gasteiger partial charge in [0.1, 0.15) is 0 Å². The smallest absolute Gasteiger partial charge is 0.0128 e. The first kappa shape index (κ1) is 10.4. The van der Waals surface area contributed by atoms with Crippen molar-refractivity contribution in [1.82, 2.24) is 5.32 Å². The molecule has 0 aliphatic carbocycles. The largest absolute Gasteiger partial charge is 0.311 e. The molecule has 1 saturated heterocycles. The number of hydrogen-bond acceptors (Lipinski definition) is 2. The predicted octanol–water partition coefficient (Wildman–Crippen LogP) is 2.52. The van der Waals surface area contributed by atoms with Gasteiger partial charge in [0.2, 0.25) is 0 Å². The van der Waals surface area contributed by atoms with E-state index in [0.717, 1.165) is 17.7 Å². The molecule has 1 nitrogen and oxygen atoms in total. The van der Waals surface area contributed by atoms with Crippen molar-refractivity contribution >= 4 is 11.8 Å². The topological polar surface area (TPSA) is 12.0 Å². The van der Waals surface area contributed by atoms with E-state index in [9.17, 15) is 0 Å². The molecule has 0 aromatic rings. The summed E-state index contributed by atoms with van der Waals surface area (Å²) in [6.45, 7) is 10.5. The maximum absolute atomic E-state index is 3.59. The highest BCUT2D eigenvalue weighted by molar-refractivity contribution is 7.99. The molecule has 0 amide bonds. The Bertz CT molecular complexity index is 145. The molecule has 0 saturated carbocycles. The molecule has 1 aliphatic heterocycles. The monoisotopic (exact) mass is 187 g/mol. The van der Waals surface area contributed by atoms with Crippen molar-refractivity contribution in [3.63, 3.8) is 0 Å². The summed E-state index contributed by atoms with van der Waals surface area (Å²) < 4.78 is 0. The summed E-state index contributed by atoms with van der Waals surface area (Å²) in [6.07, 6.45) is 1.29. The minimum atomic E-state index is 0.342. The molecule has 1 N–H and O–H groups in total. The number of hydrogen-bond donors (Lipinski definition) is 1. The van der Waals surface area contributed by atoms with E-state index in [4.69, 9.17) is 0 Å². The molecule has 2 heteroatoms. The summed E-state index contributed by atoms with van der Waals surface area (Å²) in [7, 11) is 0. The van der Waals surface area contributed by atoms with E-state index in [1.165, 1.54) is 12.2 Å². The van der Waals surface area contributed by atoms with Crippen molar-refractivity contribution in [3.05, 3.63) is 0 Å². The number of thioether (sulfide) groups is 1. The van der Waals surface area contributed by atoms with Crippen molar-refractivity contribution in [3.8, 4) is 0 Å². The summed E-state index contributed by atoms with van der Waals surface area (Å²) in [5, 5.41) is 4.42. The molecule has 0 bridgehead atoms. The fourth-order valence-electron chi connectivity index (χ4n) is 1.84. The lowest BCUT2D eigenvalue weighted by molar-refractivity contribution is 0.308. The van der Waals surface area contributed by atoms with Gasteiger partial charge in [0.25, 0.3) is 0 Å². The third-order valence-electron chi connectivity index (χ3n) is 2.72. The highest BCUT2D eigenvalue weighted by Crippen LogP contribution is 2.28. The molecule has 0 aromatic heterocycles. The van der Waals surface area contributed by atoms with Crippen LogP contribution in [0.1, 0.15) is 34.1 Å². The van der Waals surface area contributed by atoms with Crippen LogP contribution in [0.2, 0.25) is 0 Å². The zero-order valence-electron chi connectivity index (χ0n) is 8.68. The van der Waals surface area contributed by atoms with Gasteiger partial charge < -0.3 is 5.32 Å². The SMILES string of the molecule is CC1CC(C)(C)NCCS[C@H]1C. The standard InChI is InChI=1S/C10H21NS/c1-8-7-10(3,4)11-5-6-12-9(8)2/h8-9,11H,5-7H2,1-4H3/t8?,9-/m0/s1. The summed E-state index contributed by atoms with van der Waals surface area (Å²) in [5.74, 6) is 2.09. The van der Waals surface area contributed by atoms with Gasteiger partial charge in [-0.2, -0.15) is 11.8 Å². The van der Waals surface area contributed by atoms with Crippen LogP contribution in [0.5, 0.6) is 0 Å². The third-order valence-corrected chi connectivity index (χ3v) is 4.15. The lowest BCUT2D eigenvalue weighted by atomic mass is 9.90. The fraction of sp³-hybridized carbons (Fsp3) is 1.00. The van der Waals surface area contributed by atoms with Gasteiger partial charge in [-0.25, -0.2) is 0 Å². The Hall–Kier alpha value is 0.310. The van der Waals surface area contributed by atoms with Gasteiger partial charge in [0.15, 0.2) is 0 Å². The van der Waals surface area contributed by atoms with Gasteiger partial charge in [0, 0.05) is 23.1 Å². The average Bonchev–Trinajstić information content (AvgIpc) is 1.95. The first-order valence-electron chi connectivity index (χ1n) is 4.88. The van der Waals surface area contributed by atoms with Crippen molar-refractivity contribution in [2.75, 3.05) is 12.3 Å². The molecule has 1 fully saturated rings. The molecule has 0 aromatic carbocycles. The Morgan fingerprint density at radius 3 is 2.67 bits per heavy atom. The van der Waals surface area contributed by atoms with Gasteiger partial charge in [-0.05, 0) is 26.2 Å². The normalized spacial score (nSPS) is 37.0. The molecule has 1 unspecified atom stereocenters. The highest BCUT2D eigenvalue weighted by Gasteiger charge is 2.25. The van der Waals surface area contributed by atoms with Crippen molar-refractivity contribution < 1.29 is 0 Å². The number of nitrogens with one attached hydrogen (secondary N) is 1. The van der Waals surface area contributed by atoms with Crippen LogP contribution in [0.3, 0.4) is 0 Å². The number of rotatable bonds is 0. The van der Waals surface area contributed by atoms with Crippen LogP contribution in [0.25, 0.3) is 0 Å². The molecule has 1 rings (SSSR count). The van der Waals surface area contributed by atoms with Gasteiger partial charge in [0.05, 0.1) is 0 Å². The molecule has 1 heterocycles. The highest BCUT2D eigenvalue weighted by atomic mass is 32.2. The maximum Gasteiger partial charge on any atom is 0.0128 e. The van der Waals surface area contributed by atoms with Crippen LogP contribution >= 0.6 is 11.8 Å². The Balaban J connectivity index is 2.53. The average molecular weight is 187 g/mol. The minimum Gasteiger partial charge on any atom is -0.311 e. The predicted molar refractivity (Wildman–Crippen MR) is 57.8 cm³/mol. The molecule has 0 radical (unpaired) electrons. The lowest BCUT2D eigenvalue weighted by Crippen LogP contribution is -2.44. The van der Waals surface area contributed by atoms with Crippen molar-refractivity contribution in [1.29, 1.82) is 0 Å². The van der Waals surface area contributed by atoms with E-state index >= 15 is 0 Å². The van der Waals surface area contributed by atoms with Crippen molar-refractivity contribution in [2.24, 2.45) is 5.92 Å². The molecule has 12 heavy (non-hydrogen) atoms. The maximum atomic E-state index is 3.59. The van der Waals surface area contributed by atoms with Crippen molar-refractivity contribution in [2.45, 2.75) is 44.9 Å². The van der Waals surface area contributed by atoms with Crippen LogP contribution < -0.4 is 5.32 Å². The second kappa shape index (κ2) is 4.01.